The van der Waals surface area contributed by atoms with Crippen molar-refractivity contribution >= 4 is 23.3 Å². The summed E-state index contributed by atoms with van der Waals surface area (Å²) < 4.78 is 15.5. The fourth-order valence-electron chi connectivity index (χ4n) is 4.10. The maximum atomic E-state index is 13.5. The lowest BCUT2D eigenvalue weighted by Gasteiger charge is -2.36. The van der Waals surface area contributed by atoms with Gasteiger partial charge in [0.15, 0.2) is 0 Å². The highest BCUT2D eigenvalue weighted by atomic mass is 19.1. The van der Waals surface area contributed by atoms with Crippen LogP contribution in [0.3, 0.4) is 0 Å². The van der Waals surface area contributed by atoms with Gasteiger partial charge in [-0.05, 0) is 42.8 Å². The van der Waals surface area contributed by atoms with Crippen molar-refractivity contribution in [2.24, 2.45) is 10.7 Å². The van der Waals surface area contributed by atoms with Gasteiger partial charge in [-0.2, -0.15) is 0 Å². The van der Waals surface area contributed by atoms with Crippen LogP contribution in [0, 0.1) is 5.82 Å². The Morgan fingerprint density at radius 1 is 1.10 bits per heavy atom. The molecular formula is C22H22FN7O. The summed E-state index contributed by atoms with van der Waals surface area (Å²) in [5.41, 5.74) is 7.90. The number of amides is 2. The third kappa shape index (κ3) is 3.63. The monoisotopic (exact) mass is 419 g/mol. The van der Waals surface area contributed by atoms with E-state index in [1.54, 1.807) is 29.4 Å². The van der Waals surface area contributed by atoms with Crippen molar-refractivity contribution in [3.63, 3.8) is 0 Å². The number of nitrogens with two attached hydrogens (primary N) is 1. The highest BCUT2D eigenvalue weighted by molar-refractivity contribution is 5.80. The van der Waals surface area contributed by atoms with Crippen molar-refractivity contribution in [3.8, 4) is 5.69 Å². The second-order valence-corrected chi connectivity index (χ2v) is 7.64. The summed E-state index contributed by atoms with van der Waals surface area (Å²) in [6.07, 6.45) is 8.26. The number of aromatic nitrogens is 3. The molecule has 5 rings (SSSR count). The first-order valence-electron chi connectivity index (χ1n) is 10.2. The van der Waals surface area contributed by atoms with Gasteiger partial charge >= 0.3 is 6.03 Å². The van der Waals surface area contributed by atoms with Crippen LogP contribution in [0.15, 0.2) is 59.6 Å². The number of urea groups is 1. The normalized spacial score (nSPS) is 19.0. The van der Waals surface area contributed by atoms with E-state index in [-0.39, 0.29) is 17.8 Å². The van der Waals surface area contributed by atoms with Gasteiger partial charge in [0.05, 0.1) is 23.1 Å². The lowest BCUT2D eigenvalue weighted by molar-refractivity contribution is 0.163. The van der Waals surface area contributed by atoms with Crippen LogP contribution in [0.4, 0.5) is 9.18 Å². The van der Waals surface area contributed by atoms with Crippen molar-refractivity contribution in [1.29, 1.82) is 0 Å². The Morgan fingerprint density at radius 2 is 1.87 bits per heavy atom. The second kappa shape index (κ2) is 7.82. The van der Waals surface area contributed by atoms with Crippen molar-refractivity contribution in [2.45, 2.75) is 12.3 Å². The molecule has 31 heavy (non-hydrogen) atoms. The first kappa shape index (κ1) is 19.2. The van der Waals surface area contributed by atoms with Gasteiger partial charge < -0.3 is 15.5 Å². The molecule has 0 bridgehead atoms. The molecule has 9 heteroatoms. The van der Waals surface area contributed by atoms with Crippen molar-refractivity contribution in [3.05, 3.63) is 66.3 Å². The molecule has 2 aliphatic rings. The van der Waals surface area contributed by atoms with Crippen LogP contribution in [0.2, 0.25) is 0 Å². The minimum absolute atomic E-state index is 0.0203. The number of piperazine rings is 1. The first-order valence-corrected chi connectivity index (χ1v) is 10.2. The quantitative estimate of drug-likeness (QED) is 0.706. The standard InChI is InChI=1S/C22H22FN7O/c23-16-2-4-17(5-3-16)30-19-14-25-8-7-18(19)27-21(30)15-1-6-20(26-13-15)28-9-11-29(12-10-28)22(24)31/h2-8,13-15H,1,9-12H2,(H2,24,31). The summed E-state index contributed by atoms with van der Waals surface area (Å²) in [5, 5.41) is 0. The number of rotatable bonds is 3. The Bertz CT molecular complexity index is 1180. The van der Waals surface area contributed by atoms with E-state index in [1.165, 1.54) is 12.1 Å². The summed E-state index contributed by atoms with van der Waals surface area (Å²) in [6, 6.07) is 7.87. The summed E-state index contributed by atoms with van der Waals surface area (Å²) in [7, 11) is 0. The summed E-state index contributed by atoms with van der Waals surface area (Å²) in [4.78, 5) is 28.9. The highest BCUT2D eigenvalue weighted by Crippen LogP contribution is 2.30. The number of nitrogens with zero attached hydrogens (tertiary/aromatic N) is 6. The molecule has 158 valence electrons. The summed E-state index contributed by atoms with van der Waals surface area (Å²) in [5.74, 6) is 1.45. The molecule has 1 unspecified atom stereocenters. The van der Waals surface area contributed by atoms with E-state index >= 15 is 0 Å². The zero-order chi connectivity index (χ0) is 21.4. The zero-order valence-corrected chi connectivity index (χ0v) is 16.9. The number of carbonyl (C=O) groups is 1. The van der Waals surface area contributed by atoms with Crippen LogP contribution >= 0.6 is 0 Å². The van der Waals surface area contributed by atoms with Crippen LogP contribution in [0.1, 0.15) is 18.2 Å². The van der Waals surface area contributed by atoms with Gasteiger partial charge in [0.2, 0.25) is 0 Å². The van der Waals surface area contributed by atoms with Gasteiger partial charge in [0.25, 0.3) is 0 Å². The molecule has 0 spiro atoms. The Morgan fingerprint density at radius 3 is 2.55 bits per heavy atom. The number of carbonyl (C=O) groups excluding carboxylic acids is 1. The predicted octanol–water partition coefficient (Wildman–Crippen LogP) is 2.66. The summed E-state index contributed by atoms with van der Waals surface area (Å²) in [6.45, 7) is 2.60. The Labute approximate surface area is 178 Å². The number of pyridine rings is 1. The maximum Gasteiger partial charge on any atom is 0.314 e. The molecule has 1 saturated heterocycles. The number of imidazole rings is 1. The maximum absolute atomic E-state index is 13.5. The predicted molar refractivity (Wildman–Crippen MR) is 115 cm³/mol. The number of allylic oxidation sites excluding steroid dienone is 1. The number of aliphatic imine (C=N–C) groups is 1. The minimum atomic E-state index is -0.380. The van der Waals surface area contributed by atoms with Gasteiger partial charge in [-0.1, -0.05) is 0 Å². The van der Waals surface area contributed by atoms with Crippen LogP contribution in [0.25, 0.3) is 16.7 Å². The second-order valence-electron chi connectivity index (χ2n) is 7.64. The van der Waals surface area contributed by atoms with E-state index in [0.717, 1.165) is 34.8 Å². The van der Waals surface area contributed by atoms with Crippen LogP contribution in [-0.4, -0.2) is 62.8 Å². The average Bonchev–Trinajstić information content (AvgIpc) is 3.19. The van der Waals surface area contributed by atoms with Crippen LogP contribution in [-0.2, 0) is 0 Å². The molecule has 3 aromatic rings. The SMILES string of the molecule is NC(=O)N1CCN(C2=CCC(c3nc4ccncc4n3-c3ccc(F)cc3)C=N2)CC1. The average molecular weight is 419 g/mol. The molecule has 2 aromatic heterocycles. The molecule has 1 fully saturated rings. The molecule has 4 heterocycles. The Hall–Kier alpha value is -3.75. The molecule has 2 aliphatic heterocycles. The van der Waals surface area contributed by atoms with Gasteiger partial charge in [-0.25, -0.2) is 19.2 Å². The summed E-state index contributed by atoms with van der Waals surface area (Å²) >= 11 is 0. The molecule has 8 nitrogen and oxygen atoms in total. The third-order valence-electron chi connectivity index (χ3n) is 5.76. The lowest BCUT2D eigenvalue weighted by Crippen LogP contribution is -2.50. The van der Waals surface area contributed by atoms with Crippen molar-refractivity contribution in [2.75, 3.05) is 26.2 Å². The van der Waals surface area contributed by atoms with Gasteiger partial charge in [-0.15, -0.1) is 0 Å². The molecule has 0 radical (unpaired) electrons. The Kier molecular flexibility index (Phi) is 4.85. The molecule has 0 saturated carbocycles. The molecule has 1 atom stereocenters. The highest BCUT2D eigenvalue weighted by Gasteiger charge is 2.25. The molecule has 2 N–H and O–H groups in total. The topological polar surface area (TPSA) is 92.6 Å². The van der Waals surface area contributed by atoms with Gasteiger partial charge in [0.1, 0.15) is 17.5 Å². The number of primary amides is 1. The lowest BCUT2D eigenvalue weighted by atomic mass is 10.0. The third-order valence-corrected chi connectivity index (χ3v) is 5.76. The number of benzene rings is 1. The van der Waals surface area contributed by atoms with E-state index in [9.17, 15) is 9.18 Å². The zero-order valence-electron chi connectivity index (χ0n) is 16.9. The largest absolute Gasteiger partial charge is 0.353 e. The van der Waals surface area contributed by atoms with Crippen molar-refractivity contribution in [1.82, 2.24) is 24.3 Å². The number of fused-ring (bicyclic) bond motifs is 1. The number of hydrogen-bond acceptors (Lipinski definition) is 5. The van der Waals surface area contributed by atoms with E-state index < -0.39 is 0 Å². The van der Waals surface area contributed by atoms with Crippen molar-refractivity contribution < 1.29 is 9.18 Å². The molecule has 1 aromatic carbocycles. The Balaban J connectivity index is 1.41. The smallest absolute Gasteiger partial charge is 0.314 e. The minimum Gasteiger partial charge on any atom is -0.353 e. The van der Waals surface area contributed by atoms with E-state index in [0.29, 0.717) is 26.2 Å². The molecule has 0 aliphatic carbocycles. The number of halogens is 1. The van der Waals surface area contributed by atoms with Gasteiger partial charge in [0, 0.05) is 44.3 Å². The molecular weight excluding hydrogens is 397 g/mol. The number of hydrogen-bond donors (Lipinski definition) is 1. The van der Waals surface area contributed by atoms with Gasteiger partial charge in [-0.3, -0.25) is 9.55 Å². The van der Waals surface area contributed by atoms with E-state index in [1.807, 2.05) is 16.8 Å². The fourth-order valence-corrected chi connectivity index (χ4v) is 4.10. The van der Waals surface area contributed by atoms with E-state index in [2.05, 4.69) is 16.0 Å². The van der Waals surface area contributed by atoms with E-state index in [4.69, 9.17) is 15.7 Å². The molecule has 2 amide bonds. The van der Waals surface area contributed by atoms with Crippen LogP contribution < -0.4 is 5.73 Å². The van der Waals surface area contributed by atoms with Crippen LogP contribution in [0.5, 0.6) is 0 Å². The fraction of sp³-hybridized carbons (Fsp3) is 0.273. The first-order chi connectivity index (χ1) is 15.1.